The minimum atomic E-state index is -0.0947. The lowest BCUT2D eigenvalue weighted by Gasteiger charge is -2.37. The Bertz CT molecular complexity index is 441. The Morgan fingerprint density at radius 3 is 2.59 bits per heavy atom. The van der Waals surface area contributed by atoms with Crippen molar-refractivity contribution >= 4 is 29.9 Å². The molecule has 3 aliphatic rings. The van der Waals surface area contributed by atoms with Crippen molar-refractivity contribution in [3.8, 4) is 0 Å². The zero-order valence-corrected chi connectivity index (χ0v) is 19.0. The van der Waals surface area contributed by atoms with E-state index in [1.165, 1.54) is 0 Å². The molecule has 0 bridgehead atoms. The molecule has 2 atom stereocenters. The number of hydrogen-bond acceptors (Lipinski definition) is 5. The molecule has 3 aliphatic heterocycles. The maximum absolute atomic E-state index is 9.59. The van der Waals surface area contributed by atoms with Crippen molar-refractivity contribution in [3.63, 3.8) is 0 Å². The highest BCUT2D eigenvalue weighted by Crippen LogP contribution is 2.21. The number of morpholine rings is 1. The number of aliphatic imine (C=N–C) groups is 1. The van der Waals surface area contributed by atoms with Gasteiger partial charge in [0.15, 0.2) is 5.96 Å². The van der Waals surface area contributed by atoms with Crippen LogP contribution in [0.15, 0.2) is 4.99 Å². The maximum Gasteiger partial charge on any atom is 0.194 e. The fraction of sp³-hybridized carbons (Fsp3) is 0.947. The summed E-state index contributed by atoms with van der Waals surface area (Å²) >= 11 is 0. The topological polar surface area (TPSA) is 69.6 Å². The number of piperidine rings is 1. The third kappa shape index (κ3) is 7.30. The first-order chi connectivity index (χ1) is 12.8. The number of guanidine groups is 1. The van der Waals surface area contributed by atoms with Crippen LogP contribution in [-0.4, -0.2) is 98.2 Å². The molecule has 3 rings (SSSR count). The van der Waals surface area contributed by atoms with Crippen LogP contribution in [0.1, 0.15) is 39.0 Å². The summed E-state index contributed by atoms with van der Waals surface area (Å²) in [6.45, 7) is 10.3. The highest BCUT2D eigenvalue weighted by Gasteiger charge is 2.32. The van der Waals surface area contributed by atoms with Gasteiger partial charge in [0, 0.05) is 45.9 Å². The lowest BCUT2D eigenvalue weighted by atomic mass is 10.1. The average molecular weight is 496 g/mol. The summed E-state index contributed by atoms with van der Waals surface area (Å²) in [5.74, 6) is 1.01. The lowest BCUT2D eigenvalue weighted by Crippen LogP contribution is -2.53. The first-order valence-electron chi connectivity index (χ1n) is 10.4. The number of likely N-dealkylation sites (tertiary alicyclic amines) is 1. The van der Waals surface area contributed by atoms with Gasteiger partial charge in [-0.25, -0.2) is 0 Å². The zero-order valence-electron chi connectivity index (χ0n) is 16.6. The number of aliphatic hydroxyl groups is 1. The van der Waals surface area contributed by atoms with Crippen molar-refractivity contribution in [2.75, 3.05) is 59.0 Å². The van der Waals surface area contributed by atoms with Gasteiger partial charge in [0.05, 0.1) is 18.8 Å². The van der Waals surface area contributed by atoms with Gasteiger partial charge < -0.3 is 29.7 Å². The number of hydrogen-bond donors (Lipinski definition) is 2. The second-order valence-electron chi connectivity index (χ2n) is 7.57. The Morgan fingerprint density at radius 1 is 1.11 bits per heavy atom. The number of ether oxygens (including phenoxy) is 2. The van der Waals surface area contributed by atoms with E-state index in [4.69, 9.17) is 14.5 Å². The van der Waals surface area contributed by atoms with Crippen LogP contribution in [0, 0.1) is 0 Å². The van der Waals surface area contributed by atoms with Crippen molar-refractivity contribution in [1.29, 1.82) is 0 Å². The van der Waals surface area contributed by atoms with Crippen molar-refractivity contribution < 1.29 is 14.6 Å². The zero-order chi connectivity index (χ0) is 18.2. The molecule has 0 aromatic carbocycles. The van der Waals surface area contributed by atoms with Crippen molar-refractivity contribution in [3.05, 3.63) is 0 Å². The van der Waals surface area contributed by atoms with Crippen LogP contribution >= 0.6 is 24.0 Å². The van der Waals surface area contributed by atoms with Gasteiger partial charge in [-0.1, -0.05) is 0 Å². The summed E-state index contributed by atoms with van der Waals surface area (Å²) in [7, 11) is 0. The van der Waals surface area contributed by atoms with Crippen molar-refractivity contribution in [2.45, 2.75) is 57.3 Å². The number of rotatable bonds is 6. The van der Waals surface area contributed by atoms with Crippen LogP contribution in [0.25, 0.3) is 0 Å². The van der Waals surface area contributed by atoms with Crippen molar-refractivity contribution in [1.82, 2.24) is 15.1 Å². The Balaban J connectivity index is 0.00000261. The van der Waals surface area contributed by atoms with Gasteiger partial charge in [0.1, 0.15) is 6.10 Å². The van der Waals surface area contributed by atoms with Crippen LogP contribution in [0.2, 0.25) is 0 Å². The summed E-state index contributed by atoms with van der Waals surface area (Å²) in [5, 5.41) is 13.0. The molecule has 0 amide bonds. The summed E-state index contributed by atoms with van der Waals surface area (Å²) in [6.07, 6.45) is 5.44. The van der Waals surface area contributed by atoms with Crippen LogP contribution in [0.3, 0.4) is 0 Å². The van der Waals surface area contributed by atoms with Crippen LogP contribution in [0.4, 0.5) is 0 Å². The highest BCUT2D eigenvalue weighted by atomic mass is 127. The molecule has 8 heteroatoms. The summed E-state index contributed by atoms with van der Waals surface area (Å²) in [6, 6.07) is 0. The molecule has 2 unspecified atom stereocenters. The molecule has 0 saturated carbocycles. The predicted octanol–water partition coefficient (Wildman–Crippen LogP) is 1.30. The molecule has 3 heterocycles. The Morgan fingerprint density at radius 2 is 1.89 bits per heavy atom. The molecule has 0 aromatic rings. The first kappa shape index (κ1) is 23.1. The van der Waals surface area contributed by atoms with Crippen LogP contribution < -0.4 is 5.32 Å². The molecule has 27 heavy (non-hydrogen) atoms. The maximum atomic E-state index is 9.59. The van der Waals surface area contributed by atoms with Gasteiger partial charge in [0.2, 0.25) is 0 Å². The van der Waals surface area contributed by atoms with Crippen LogP contribution in [-0.2, 0) is 9.47 Å². The molecule has 3 saturated heterocycles. The summed E-state index contributed by atoms with van der Waals surface area (Å²) in [5.41, 5.74) is 0. The predicted molar refractivity (Wildman–Crippen MR) is 118 cm³/mol. The third-order valence-corrected chi connectivity index (χ3v) is 5.56. The quantitative estimate of drug-likeness (QED) is 0.250. The van der Waals surface area contributed by atoms with E-state index in [1.54, 1.807) is 0 Å². The molecule has 3 fully saturated rings. The van der Waals surface area contributed by atoms with E-state index in [-0.39, 0.29) is 42.3 Å². The van der Waals surface area contributed by atoms with E-state index in [0.717, 1.165) is 97.1 Å². The van der Waals surface area contributed by atoms with Gasteiger partial charge in [-0.3, -0.25) is 4.99 Å². The molecule has 7 nitrogen and oxygen atoms in total. The van der Waals surface area contributed by atoms with E-state index in [1.807, 2.05) is 0 Å². The largest absolute Gasteiger partial charge is 0.393 e. The minimum Gasteiger partial charge on any atom is -0.393 e. The Hall–Kier alpha value is -0.160. The van der Waals surface area contributed by atoms with E-state index < -0.39 is 0 Å². The summed E-state index contributed by atoms with van der Waals surface area (Å²) < 4.78 is 11.8. The summed E-state index contributed by atoms with van der Waals surface area (Å²) in [4.78, 5) is 9.63. The van der Waals surface area contributed by atoms with Gasteiger partial charge >= 0.3 is 0 Å². The SMILES string of the molecule is CCNC(=NCCCN1CCC(O)CC1)N1CCOC(C2CCCO2)C1.I. The van der Waals surface area contributed by atoms with E-state index in [2.05, 4.69) is 22.0 Å². The standard InChI is InChI=1S/C19H36N4O3.HI/c1-2-20-19(21-8-4-9-22-10-6-16(24)7-11-22)23-12-14-26-18(15-23)17-5-3-13-25-17;/h16-18,24H,2-15H2,1H3,(H,20,21);1H. The number of aliphatic hydroxyl groups excluding tert-OH is 1. The fourth-order valence-electron chi connectivity index (χ4n) is 4.04. The second-order valence-corrected chi connectivity index (χ2v) is 7.57. The Kier molecular flexibility index (Phi) is 10.6. The minimum absolute atomic E-state index is 0. The number of nitrogens with one attached hydrogen (secondary N) is 1. The third-order valence-electron chi connectivity index (χ3n) is 5.56. The number of nitrogens with zero attached hydrogens (tertiary/aromatic N) is 3. The molecule has 2 N–H and O–H groups in total. The molecule has 158 valence electrons. The van der Waals surface area contributed by atoms with Gasteiger partial charge in [-0.05, 0) is 45.6 Å². The second kappa shape index (κ2) is 12.4. The van der Waals surface area contributed by atoms with E-state index >= 15 is 0 Å². The normalized spacial score (nSPS) is 28.2. The van der Waals surface area contributed by atoms with Gasteiger partial charge in [-0.15, -0.1) is 24.0 Å². The number of halogens is 1. The monoisotopic (exact) mass is 496 g/mol. The molecular formula is C19H37IN4O3. The molecule has 0 aromatic heterocycles. The van der Waals surface area contributed by atoms with E-state index in [0.29, 0.717) is 0 Å². The highest BCUT2D eigenvalue weighted by molar-refractivity contribution is 14.0. The van der Waals surface area contributed by atoms with Crippen molar-refractivity contribution in [2.24, 2.45) is 4.99 Å². The smallest absolute Gasteiger partial charge is 0.194 e. The first-order valence-corrected chi connectivity index (χ1v) is 10.4. The average Bonchev–Trinajstić information content (AvgIpc) is 3.21. The molecular weight excluding hydrogens is 459 g/mol. The molecule has 0 radical (unpaired) electrons. The van der Waals surface area contributed by atoms with Crippen LogP contribution in [0.5, 0.6) is 0 Å². The van der Waals surface area contributed by atoms with E-state index in [9.17, 15) is 5.11 Å². The van der Waals surface area contributed by atoms with Gasteiger partial charge in [0.25, 0.3) is 0 Å². The lowest BCUT2D eigenvalue weighted by molar-refractivity contribution is -0.0817. The Labute approximate surface area is 180 Å². The van der Waals surface area contributed by atoms with Gasteiger partial charge in [-0.2, -0.15) is 0 Å². The fourth-order valence-corrected chi connectivity index (χ4v) is 4.04. The molecule has 0 aliphatic carbocycles. The molecule has 0 spiro atoms.